The van der Waals surface area contributed by atoms with E-state index in [-0.39, 0.29) is 20.9 Å². The number of thiophene rings is 1. The van der Waals surface area contributed by atoms with Crippen LogP contribution in [0.1, 0.15) is 27.2 Å². The van der Waals surface area contributed by atoms with E-state index in [0.717, 1.165) is 40.2 Å². The molecule has 0 amide bonds. The summed E-state index contributed by atoms with van der Waals surface area (Å²) in [6, 6.07) is 9.70. The average Bonchev–Trinajstić information content (AvgIpc) is 3.06. The summed E-state index contributed by atoms with van der Waals surface area (Å²) in [5.41, 5.74) is 0.887. The highest BCUT2D eigenvalue weighted by molar-refractivity contribution is 7.99. The lowest BCUT2D eigenvalue weighted by molar-refractivity contribution is -0.383. The zero-order valence-electron chi connectivity index (χ0n) is 16.8. The molecule has 1 atom stereocenters. The first-order valence-electron chi connectivity index (χ1n) is 9.02. The van der Waals surface area contributed by atoms with Crippen molar-refractivity contribution >= 4 is 49.5 Å². The average molecular weight is 459 g/mol. The number of thioether (sulfide) groups is 1. The highest BCUT2D eigenvalue weighted by Crippen LogP contribution is 2.37. The Labute approximate surface area is 179 Å². The van der Waals surface area contributed by atoms with E-state index in [4.69, 9.17) is 5.14 Å². The van der Waals surface area contributed by atoms with Crippen molar-refractivity contribution in [2.75, 3.05) is 23.0 Å². The van der Waals surface area contributed by atoms with Crippen molar-refractivity contribution in [3.05, 3.63) is 40.4 Å². The molecule has 160 valence electrons. The van der Waals surface area contributed by atoms with Crippen molar-refractivity contribution < 1.29 is 13.3 Å². The van der Waals surface area contributed by atoms with E-state index in [1.54, 1.807) is 11.8 Å². The molecule has 2 rings (SSSR count). The van der Waals surface area contributed by atoms with Gasteiger partial charge in [0.1, 0.15) is 4.21 Å². The number of nitrogens with two attached hydrogens (primary N) is 1. The lowest BCUT2D eigenvalue weighted by atomic mass is 10.2. The van der Waals surface area contributed by atoms with Gasteiger partial charge in [0.25, 0.3) is 0 Å². The number of anilines is 2. The van der Waals surface area contributed by atoms with Gasteiger partial charge in [-0.05, 0) is 57.2 Å². The van der Waals surface area contributed by atoms with Gasteiger partial charge >= 0.3 is 5.69 Å². The second-order valence-corrected chi connectivity index (χ2v) is 11.0. The van der Waals surface area contributed by atoms with Gasteiger partial charge in [-0.15, -0.1) is 11.8 Å². The SMILES string of the molecule is CC(C)N(C)c1ccc(SCC[C@@H](C)Nc2sc(S(N)(=O)=O)cc2[N+](=O)[O-])cc1. The molecule has 1 aromatic carbocycles. The van der Waals surface area contributed by atoms with Gasteiger partial charge in [-0.1, -0.05) is 11.3 Å². The molecule has 0 radical (unpaired) electrons. The number of primary sulfonamides is 1. The lowest BCUT2D eigenvalue weighted by Gasteiger charge is -2.23. The summed E-state index contributed by atoms with van der Waals surface area (Å²) >= 11 is 2.49. The number of nitro groups is 1. The van der Waals surface area contributed by atoms with E-state index in [1.165, 1.54) is 0 Å². The zero-order valence-corrected chi connectivity index (χ0v) is 19.2. The van der Waals surface area contributed by atoms with Crippen LogP contribution >= 0.6 is 23.1 Å². The van der Waals surface area contributed by atoms with Crippen LogP contribution in [0.4, 0.5) is 16.4 Å². The topological polar surface area (TPSA) is 119 Å². The standard InChI is InChI=1S/C18H26N4O4S3/c1-12(2)21(4)14-5-7-15(8-6-14)27-10-9-13(3)20-18-16(22(23)24)11-17(28-18)29(19,25)26/h5-8,11-13,20H,9-10H2,1-4H3,(H2,19,25,26)/t13-/m1/s1. The van der Waals surface area contributed by atoms with Gasteiger partial charge in [0.05, 0.1) is 4.92 Å². The lowest BCUT2D eigenvalue weighted by Crippen LogP contribution is -2.25. The third kappa shape index (κ3) is 6.59. The predicted molar refractivity (Wildman–Crippen MR) is 121 cm³/mol. The molecule has 0 aliphatic heterocycles. The Morgan fingerprint density at radius 2 is 1.90 bits per heavy atom. The van der Waals surface area contributed by atoms with Crippen molar-refractivity contribution in [2.45, 2.75) is 48.4 Å². The summed E-state index contributed by atoms with van der Waals surface area (Å²) in [6.07, 6.45) is 0.748. The van der Waals surface area contributed by atoms with E-state index in [0.29, 0.717) is 6.04 Å². The van der Waals surface area contributed by atoms with Gasteiger partial charge < -0.3 is 10.2 Å². The van der Waals surface area contributed by atoms with Crippen molar-refractivity contribution in [3.63, 3.8) is 0 Å². The Morgan fingerprint density at radius 1 is 1.28 bits per heavy atom. The first-order valence-corrected chi connectivity index (χ1v) is 12.4. The first-order chi connectivity index (χ1) is 13.5. The molecule has 1 aromatic heterocycles. The van der Waals surface area contributed by atoms with Crippen LogP contribution in [0.5, 0.6) is 0 Å². The minimum atomic E-state index is -3.98. The van der Waals surface area contributed by atoms with Gasteiger partial charge in [-0.25, -0.2) is 13.6 Å². The molecule has 29 heavy (non-hydrogen) atoms. The second kappa shape index (κ2) is 9.79. The highest BCUT2D eigenvalue weighted by atomic mass is 32.2. The summed E-state index contributed by atoms with van der Waals surface area (Å²) in [4.78, 5) is 13.9. The van der Waals surface area contributed by atoms with Crippen molar-refractivity contribution in [2.24, 2.45) is 5.14 Å². The van der Waals surface area contributed by atoms with Gasteiger partial charge in [-0.2, -0.15) is 0 Å². The fraction of sp³-hybridized carbons (Fsp3) is 0.444. The summed E-state index contributed by atoms with van der Waals surface area (Å²) in [5.74, 6) is 0.814. The minimum Gasteiger partial charge on any atom is -0.372 e. The van der Waals surface area contributed by atoms with Crippen LogP contribution < -0.4 is 15.4 Å². The fourth-order valence-electron chi connectivity index (χ4n) is 2.46. The second-order valence-electron chi connectivity index (χ2n) is 6.96. The molecule has 0 aliphatic rings. The minimum absolute atomic E-state index is 0.0699. The number of nitrogens with zero attached hydrogens (tertiary/aromatic N) is 2. The van der Waals surface area contributed by atoms with Crippen LogP contribution in [-0.4, -0.2) is 38.2 Å². The molecule has 0 fully saturated rings. The molecule has 11 heteroatoms. The summed E-state index contributed by atoms with van der Waals surface area (Å²) in [5, 5.41) is 19.5. The number of hydrogen-bond donors (Lipinski definition) is 2. The smallest absolute Gasteiger partial charge is 0.304 e. The Balaban J connectivity index is 1.93. The maximum atomic E-state index is 11.5. The third-order valence-corrected chi connectivity index (χ3v) is 7.90. The third-order valence-electron chi connectivity index (χ3n) is 4.38. The van der Waals surface area contributed by atoms with Crippen molar-refractivity contribution in [1.82, 2.24) is 0 Å². The Bertz CT molecular complexity index is 943. The van der Waals surface area contributed by atoms with E-state index < -0.39 is 14.9 Å². The number of nitrogens with one attached hydrogen (secondary N) is 1. The maximum Gasteiger partial charge on any atom is 0.304 e. The summed E-state index contributed by atoms with van der Waals surface area (Å²) < 4.78 is 22.7. The molecule has 0 unspecified atom stereocenters. The molecule has 0 bridgehead atoms. The van der Waals surface area contributed by atoms with Crippen LogP contribution in [0, 0.1) is 10.1 Å². The summed E-state index contributed by atoms with van der Waals surface area (Å²) in [7, 11) is -1.91. The van der Waals surface area contributed by atoms with Gasteiger partial charge in [0.15, 0.2) is 5.00 Å². The van der Waals surface area contributed by atoms with E-state index in [2.05, 4.69) is 55.4 Å². The van der Waals surface area contributed by atoms with E-state index in [9.17, 15) is 18.5 Å². The molecule has 0 saturated carbocycles. The molecule has 0 aliphatic carbocycles. The van der Waals surface area contributed by atoms with Crippen LogP contribution in [-0.2, 0) is 10.0 Å². The number of sulfonamides is 1. The van der Waals surface area contributed by atoms with E-state index >= 15 is 0 Å². The van der Waals surface area contributed by atoms with Crippen LogP contribution in [0.3, 0.4) is 0 Å². The van der Waals surface area contributed by atoms with Crippen LogP contribution in [0.2, 0.25) is 0 Å². The molecule has 0 spiro atoms. The zero-order chi connectivity index (χ0) is 21.8. The molecule has 0 saturated heterocycles. The molecule has 1 heterocycles. The first kappa shape index (κ1) is 23.5. The molecule has 8 nitrogen and oxygen atoms in total. The predicted octanol–water partition coefficient (Wildman–Crippen LogP) is 4.13. The molecule has 3 N–H and O–H groups in total. The van der Waals surface area contributed by atoms with Crippen LogP contribution in [0.15, 0.2) is 39.4 Å². The number of hydrogen-bond acceptors (Lipinski definition) is 8. The van der Waals surface area contributed by atoms with Crippen molar-refractivity contribution in [1.29, 1.82) is 0 Å². The van der Waals surface area contributed by atoms with Crippen molar-refractivity contribution in [3.8, 4) is 0 Å². The maximum absolute atomic E-state index is 11.5. The Morgan fingerprint density at radius 3 is 2.41 bits per heavy atom. The Kier molecular flexibility index (Phi) is 7.92. The quantitative estimate of drug-likeness (QED) is 0.312. The van der Waals surface area contributed by atoms with Crippen LogP contribution in [0.25, 0.3) is 0 Å². The Hall–Kier alpha value is -1.82. The summed E-state index contributed by atoms with van der Waals surface area (Å²) in [6.45, 7) is 6.18. The normalized spacial score (nSPS) is 12.8. The largest absolute Gasteiger partial charge is 0.372 e. The number of benzene rings is 1. The molecular weight excluding hydrogens is 432 g/mol. The van der Waals surface area contributed by atoms with Gasteiger partial charge in [0.2, 0.25) is 10.0 Å². The number of rotatable bonds is 10. The monoisotopic (exact) mass is 458 g/mol. The molecule has 2 aromatic rings. The molecular formula is C18H26N4O4S3. The highest BCUT2D eigenvalue weighted by Gasteiger charge is 2.24. The van der Waals surface area contributed by atoms with Gasteiger partial charge in [-0.3, -0.25) is 10.1 Å². The van der Waals surface area contributed by atoms with Gasteiger partial charge in [0, 0.05) is 35.8 Å². The fourth-order valence-corrected chi connectivity index (χ4v) is 5.36. The van der Waals surface area contributed by atoms with E-state index in [1.807, 2.05) is 6.92 Å².